The highest BCUT2D eigenvalue weighted by Gasteiger charge is 2.54. The van der Waals surface area contributed by atoms with Crippen molar-refractivity contribution in [2.45, 2.75) is 26.2 Å². The Labute approximate surface area is 115 Å². The number of hydrogen-bond acceptors (Lipinski definition) is 4. The summed E-state index contributed by atoms with van der Waals surface area (Å²) in [5.74, 6) is 1.83. The van der Waals surface area contributed by atoms with Gasteiger partial charge in [0.1, 0.15) is 0 Å². The average molecular weight is 260 g/mol. The third-order valence-electron chi connectivity index (χ3n) is 4.75. The SMILES string of the molecule is Cc1cnc(N2CCC3(CC2)C[C@@H]3CN(C)C)nc1. The van der Waals surface area contributed by atoms with Crippen LogP contribution >= 0.6 is 0 Å². The van der Waals surface area contributed by atoms with Crippen LogP contribution in [0.4, 0.5) is 5.95 Å². The zero-order valence-electron chi connectivity index (χ0n) is 12.3. The second-order valence-electron chi connectivity index (χ2n) is 6.57. The largest absolute Gasteiger partial charge is 0.341 e. The van der Waals surface area contributed by atoms with Crippen LogP contribution in [0.25, 0.3) is 0 Å². The Kier molecular flexibility index (Phi) is 3.21. The number of piperidine rings is 1. The van der Waals surface area contributed by atoms with Gasteiger partial charge in [-0.3, -0.25) is 0 Å². The van der Waals surface area contributed by atoms with Gasteiger partial charge in [-0.15, -0.1) is 0 Å². The molecule has 1 aliphatic carbocycles. The summed E-state index contributed by atoms with van der Waals surface area (Å²) in [5.41, 5.74) is 1.77. The second kappa shape index (κ2) is 4.75. The van der Waals surface area contributed by atoms with E-state index in [1.54, 1.807) is 0 Å². The van der Waals surface area contributed by atoms with Crippen LogP contribution in [0.1, 0.15) is 24.8 Å². The molecule has 2 aliphatic rings. The van der Waals surface area contributed by atoms with Gasteiger partial charge in [0.05, 0.1) is 0 Å². The Hall–Kier alpha value is -1.16. The molecule has 0 N–H and O–H groups in total. The van der Waals surface area contributed by atoms with Crippen LogP contribution in [0.5, 0.6) is 0 Å². The zero-order valence-corrected chi connectivity index (χ0v) is 12.3. The van der Waals surface area contributed by atoms with Gasteiger partial charge < -0.3 is 9.80 Å². The van der Waals surface area contributed by atoms with E-state index in [2.05, 4.69) is 33.9 Å². The van der Waals surface area contributed by atoms with Gasteiger partial charge in [-0.05, 0) is 57.2 Å². The molecule has 19 heavy (non-hydrogen) atoms. The molecule has 1 aliphatic heterocycles. The maximum atomic E-state index is 4.44. The predicted molar refractivity (Wildman–Crippen MR) is 77.3 cm³/mol. The summed E-state index contributed by atoms with van der Waals surface area (Å²) in [6.07, 6.45) is 7.87. The second-order valence-corrected chi connectivity index (χ2v) is 6.57. The van der Waals surface area contributed by atoms with E-state index in [9.17, 15) is 0 Å². The van der Waals surface area contributed by atoms with Crippen molar-refractivity contribution in [3.05, 3.63) is 18.0 Å². The van der Waals surface area contributed by atoms with Gasteiger partial charge in [0.15, 0.2) is 0 Å². The van der Waals surface area contributed by atoms with Crippen molar-refractivity contribution in [2.24, 2.45) is 11.3 Å². The maximum absolute atomic E-state index is 4.44. The fourth-order valence-electron chi connectivity index (χ4n) is 3.44. The smallest absolute Gasteiger partial charge is 0.225 e. The first-order chi connectivity index (χ1) is 9.09. The van der Waals surface area contributed by atoms with Gasteiger partial charge in [-0.2, -0.15) is 0 Å². The molecule has 0 bridgehead atoms. The topological polar surface area (TPSA) is 32.3 Å². The normalized spacial score (nSPS) is 25.1. The van der Waals surface area contributed by atoms with Crippen molar-refractivity contribution in [3.8, 4) is 0 Å². The van der Waals surface area contributed by atoms with Crippen LogP contribution < -0.4 is 4.90 Å². The molecule has 3 rings (SSSR count). The molecule has 2 fully saturated rings. The van der Waals surface area contributed by atoms with Crippen molar-refractivity contribution in [1.82, 2.24) is 14.9 Å². The minimum Gasteiger partial charge on any atom is -0.341 e. The lowest BCUT2D eigenvalue weighted by atomic mass is 9.91. The third-order valence-corrected chi connectivity index (χ3v) is 4.75. The quantitative estimate of drug-likeness (QED) is 0.831. The highest BCUT2D eigenvalue weighted by atomic mass is 15.3. The van der Waals surface area contributed by atoms with Crippen molar-refractivity contribution >= 4 is 5.95 Å². The van der Waals surface area contributed by atoms with Crippen molar-refractivity contribution < 1.29 is 0 Å². The first kappa shape index (κ1) is 12.9. The Morgan fingerprint density at radius 2 is 1.89 bits per heavy atom. The number of anilines is 1. The fraction of sp³-hybridized carbons (Fsp3) is 0.733. The predicted octanol–water partition coefficient (Wildman–Crippen LogP) is 1.95. The van der Waals surface area contributed by atoms with Gasteiger partial charge in [0.2, 0.25) is 5.95 Å². The van der Waals surface area contributed by atoms with Crippen LogP contribution in [0.2, 0.25) is 0 Å². The first-order valence-electron chi connectivity index (χ1n) is 7.27. The molecule has 1 aromatic heterocycles. The minimum atomic E-state index is 0.644. The molecule has 1 atom stereocenters. The summed E-state index contributed by atoms with van der Waals surface area (Å²) in [6, 6.07) is 0. The van der Waals surface area contributed by atoms with E-state index in [-0.39, 0.29) is 0 Å². The highest BCUT2D eigenvalue weighted by Crippen LogP contribution is 2.59. The van der Waals surface area contributed by atoms with Crippen molar-refractivity contribution in [2.75, 3.05) is 38.6 Å². The summed E-state index contributed by atoms with van der Waals surface area (Å²) >= 11 is 0. The summed E-state index contributed by atoms with van der Waals surface area (Å²) < 4.78 is 0. The molecule has 1 spiro atoms. The summed E-state index contributed by atoms with van der Waals surface area (Å²) in [4.78, 5) is 13.6. The number of aryl methyl sites for hydroxylation is 1. The lowest BCUT2D eigenvalue weighted by Crippen LogP contribution is -2.37. The van der Waals surface area contributed by atoms with Crippen molar-refractivity contribution in [1.29, 1.82) is 0 Å². The minimum absolute atomic E-state index is 0.644. The number of aromatic nitrogens is 2. The van der Waals surface area contributed by atoms with E-state index in [1.807, 2.05) is 19.3 Å². The average Bonchev–Trinajstić information content (AvgIpc) is 3.03. The molecule has 0 aromatic carbocycles. The monoisotopic (exact) mass is 260 g/mol. The van der Waals surface area contributed by atoms with Gasteiger partial charge in [0, 0.05) is 32.0 Å². The maximum Gasteiger partial charge on any atom is 0.225 e. The molecular weight excluding hydrogens is 236 g/mol. The van der Waals surface area contributed by atoms with Gasteiger partial charge in [-0.25, -0.2) is 9.97 Å². The molecule has 0 amide bonds. The van der Waals surface area contributed by atoms with Gasteiger partial charge in [-0.1, -0.05) is 0 Å². The van der Waals surface area contributed by atoms with E-state index in [0.717, 1.165) is 30.5 Å². The lowest BCUT2D eigenvalue weighted by molar-refractivity contribution is 0.299. The summed E-state index contributed by atoms with van der Waals surface area (Å²) in [5, 5.41) is 0. The number of rotatable bonds is 3. The standard InChI is InChI=1S/C15H24N4/c1-12-9-16-14(17-10-12)19-6-4-15(5-7-19)8-13(15)11-18(2)3/h9-10,13H,4-8,11H2,1-3H3/t13-/m1/s1. The highest BCUT2D eigenvalue weighted by molar-refractivity contribution is 5.31. The van der Waals surface area contributed by atoms with Crippen LogP contribution in [0.15, 0.2) is 12.4 Å². The molecule has 104 valence electrons. The molecule has 0 radical (unpaired) electrons. The first-order valence-corrected chi connectivity index (χ1v) is 7.27. The number of hydrogen-bond donors (Lipinski definition) is 0. The molecular formula is C15H24N4. The zero-order chi connectivity index (χ0) is 13.5. The molecule has 0 unspecified atom stereocenters. The molecule has 4 heteroatoms. The molecule has 4 nitrogen and oxygen atoms in total. The molecule has 2 heterocycles. The van der Waals surface area contributed by atoms with Crippen molar-refractivity contribution in [3.63, 3.8) is 0 Å². The summed E-state index contributed by atoms with van der Waals surface area (Å²) in [7, 11) is 4.36. The molecule has 1 aromatic rings. The van der Waals surface area contributed by atoms with Gasteiger partial charge >= 0.3 is 0 Å². The Morgan fingerprint density at radius 1 is 1.26 bits per heavy atom. The van der Waals surface area contributed by atoms with E-state index < -0.39 is 0 Å². The van der Waals surface area contributed by atoms with Gasteiger partial charge in [0.25, 0.3) is 0 Å². The lowest BCUT2D eigenvalue weighted by Gasteiger charge is -2.33. The van der Waals surface area contributed by atoms with E-state index in [4.69, 9.17) is 0 Å². The Morgan fingerprint density at radius 3 is 2.47 bits per heavy atom. The van der Waals surface area contributed by atoms with Crippen LogP contribution in [0, 0.1) is 18.3 Å². The third kappa shape index (κ3) is 2.59. The molecule has 1 saturated heterocycles. The van der Waals surface area contributed by atoms with E-state index in [1.165, 1.54) is 25.8 Å². The summed E-state index contributed by atoms with van der Waals surface area (Å²) in [6.45, 7) is 5.52. The fourth-order valence-corrected chi connectivity index (χ4v) is 3.44. The van der Waals surface area contributed by atoms with Crippen LogP contribution in [0.3, 0.4) is 0 Å². The van der Waals surface area contributed by atoms with E-state index >= 15 is 0 Å². The molecule has 1 saturated carbocycles. The Balaban J connectivity index is 1.57. The van der Waals surface area contributed by atoms with Crippen LogP contribution in [-0.2, 0) is 0 Å². The van der Waals surface area contributed by atoms with E-state index in [0.29, 0.717) is 5.41 Å². The number of nitrogens with zero attached hydrogens (tertiary/aromatic N) is 4. The Bertz CT molecular complexity index is 432. The van der Waals surface area contributed by atoms with Crippen LogP contribution in [-0.4, -0.2) is 48.6 Å².